The second-order valence-electron chi connectivity index (χ2n) is 3.98. The molecule has 0 saturated carbocycles. The van der Waals surface area contributed by atoms with Crippen molar-refractivity contribution in [3.8, 4) is 0 Å². The lowest BCUT2D eigenvalue weighted by Crippen LogP contribution is -2.07. The van der Waals surface area contributed by atoms with Gasteiger partial charge in [-0.3, -0.25) is 4.79 Å². The summed E-state index contributed by atoms with van der Waals surface area (Å²) < 4.78 is 27.8. The van der Waals surface area contributed by atoms with E-state index in [0.29, 0.717) is 0 Å². The smallest absolute Gasteiger partial charge is 0.170 e. The first-order chi connectivity index (χ1) is 8.97. The highest BCUT2D eigenvalue weighted by atomic mass is 79.9. The van der Waals surface area contributed by atoms with Gasteiger partial charge in [-0.05, 0) is 45.8 Å². The Labute approximate surface area is 125 Å². The highest BCUT2D eigenvalue weighted by Gasteiger charge is 2.15. The Kier molecular flexibility index (Phi) is 4.47. The van der Waals surface area contributed by atoms with Crippen molar-refractivity contribution < 1.29 is 13.6 Å². The Morgan fingerprint density at radius 2 is 1.79 bits per heavy atom. The molecule has 0 spiro atoms. The summed E-state index contributed by atoms with van der Waals surface area (Å²) in [6.07, 6.45) is 0.0252. The maximum absolute atomic E-state index is 13.6. The first kappa shape index (κ1) is 14.3. The van der Waals surface area contributed by atoms with Crippen LogP contribution >= 0.6 is 31.9 Å². The minimum absolute atomic E-state index is 0.00371. The lowest BCUT2D eigenvalue weighted by molar-refractivity contribution is 0.0988. The molecule has 0 heterocycles. The summed E-state index contributed by atoms with van der Waals surface area (Å²) in [7, 11) is 0. The van der Waals surface area contributed by atoms with E-state index in [-0.39, 0.29) is 16.5 Å². The molecule has 0 unspecified atom stereocenters. The number of ketones is 1. The average molecular weight is 390 g/mol. The van der Waals surface area contributed by atoms with Crippen molar-refractivity contribution in [2.45, 2.75) is 6.42 Å². The number of halogens is 4. The van der Waals surface area contributed by atoms with Crippen LogP contribution in [0.25, 0.3) is 0 Å². The number of Topliss-reactive ketones (excluding diaryl/α,β-unsaturated/α-hetero) is 1. The highest BCUT2D eigenvalue weighted by molar-refractivity contribution is 9.10. The molecule has 0 amide bonds. The maximum Gasteiger partial charge on any atom is 0.170 e. The third kappa shape index (κ3) is 3.48. The minimum Gasteiger partial charge on any atom is -0.294 e. The van der Waals surface area contributed by atoms with E-state index in [9.17, 15) is 13.6 Å². The Balaban J connectivity index is 2.28. The zero-order valence-electron chi connectivity index (χ0n) is 9.59. The summed E-state index contributed by atoms with van der Waals surface area (Å²) in [6.45, 7) is 0. The zero-order valence-corrected chi connectivity index (χ0v) is 12.8. The van der Waals surface area contributed by atoms with Gasteiger partial charge in [0.05, 0.1) is 10.0 Å². The Morgan fingerprint density at radius 1 is 1.05 bits per heavy atom. The molecule has 0 aliphatic carbocycles. The largest absolute Gasteiger partial charge is 0.294 e. The fraction of sp³-hybridized carbons (Fsp3) is 0.0714. The molecule has 0 radical (unpaired) electrons. The predicted octanol–water partition coefficient (Wildman–Crippen LogP) is 4.92. The van der Waals surface area contributed by atoms with Crippen molar-refractivity contribution in [2.24, 2.45) is 0 Å². The molecule has 1 nitrogen and oxygen atoms in total. The lowest BCUT2D eigenvalue weighted by atomic mass is 10.0. The van der Waals surface area contributed by atoms with Gasteiger partial charge in [0.2, 0.25) is 0 Å². The van der Waals surface area contributed by atoms with Gasteiger partial charge in [0.1, 0.15) is 11.6 Å². The summed E-state index contributed by atoms with van der Waals surface area (Å²) in [5, 5.41) is 0. The van der Waals surface area contributed by atoms with Crippen LogP contribution in [-0.4, -0.2) is 5.78 Å². The summed E-state index contributed by atoms with van der Waals surface area (Å²) in [5.74, 6) is -1.84. The number of hydrogen-bond acceptors (Lipinski definition) is 1. The van der Waals surface area contributed by atoms with Crippen LogP contribution in [0.4, 0.5) is 8.78 Å². The van der Waals surface area contributed by atoms with E-state index < -0.39 is 17.4 Å². The molecule has 5 heteroatoms. The molecular formula is C14H8Br2F2O. The average Bonchev–Trinajstić information content (AvgIpc) is 2.33. The summed E-state index contributed by atoms with van der Waals surface area (Å²) in [4.78, 5) is 12.0. The van der Waals surface area contributed by atoms with Crippen LogP contribution in [0.5, 0.6) is 0 Å². The van der Waals surface area contributed by atoms with Gasteiger partial charge in [0.25, 0.3) is 0 Å². The van der Waals surface area contributed by atoms with Crippen molar-refractivity contribution >= 4 is 37.6 Å². The van der Waals surface area contributed by atoms with Gasteiger partial charge in [-0.2, -0.15) is 0 Å². The van der Waals surface area contributed by atoms with E-state index in [1.54, 1.807) is 18.2 Å². The molecule has 0 N–H and O–H groups in total. The molecule has 98 valence electrons. The molecule has 0 saturated heterocycles. The Hall–Kier alpha value is -1.07. The third-order valence-corrected chi connectivity index (χ3v) is 3.67. The molecule has 2 rings (SSSR count). The van der Waals surface area contributed by atoms with Gasteiger partial charge in [0.15, 0.2) is 5.78 Å². The van der Waals surface area contributed by atoms with E-state index in [2.05, 4.69) is 31.9 Å². The SMILES string of the molecule is O=C(Cc1cccc(Br)c1)c1cc(F)c(Br)cc1F. The van der Waals surface area contributed by atoms with Crippen molar-refractivity contribution in [1.29, 1.82) is 0 Å². The second kappa shape index (κ2) is 5.92. The van der Waals surface area contributed by atoms with Crippen molar-refractivity contribution in [1.82, 2.24) is 0 Å². The zero-order chi connectivity index (χ0) is 14.0. The first-order valence-electron chi connectivity index (χ1n) is 5.39. The molecule has 0 aliphatic heterocycles. The molecule has 0 aliphatic rings. The van der Waals surface area contributed by atoms with E-state index in [1.807, 2.05) is 6.07 Å². The first-order valence-corrected chi connectivity index (χ1v) is 6.98. The van der Waals surface area contributed by atoms with E-state index in [4.69, 9.17) is 0 Å². The monoisotopic (exact) mass is 388 g/mol. The quantitative estimate of drug-likeness (QED) is 0.538. The van der Waals surface area contributed by atoms with Gasteiger partial charge in [-0.1, -0.05) is 28.1 Å². The van der Waals surface area contributed by atoms with Crippen LogP contribution in [0.3, 0.4) is 0 Å². The predicted molar refractivity (Wildman–Crippen MR) is 76.2 cm³/mol. The van der Waals surface area contributed by atoms with Gasteiger partial charge in [-0.15, -0.1) is 0 Å². The van der Waals surface area contributed by atoms with Crippen molar-refractivity contribution in [3.63, 3.8) is 0 Å². The maximum atomic E-state index is 13.6. The number of carbonyl (C=O) groups is 1. The van der Waals surface area contributed by atoms with E-state index >= 15 is 0 Å². The van der Waals surface area contributed by atoms with Crippen LogP contribution in [-0.2, 0) is 6.42 Å². The molecule has 0 fully saturated rings. The van der Waals surface area contributed by atoms with Gasteiger partial charge in [0, 0.05) is 10.9 Å². The van der Waals surface area contributed by atoms with Gasteiger partial charge >= 0.3 is 0 Å². The van der Waals surface area contributed by atoms with Crippen LogP contribution < -0.4 is 0 Å². The summed E-state index contributed by atoms with van der Waals surface area (Å²) >= 11 is 6.17. The standard InChI is InChI=1S/C14H8Br2F2O/c15-9-3-1-2-8(4-9)5-14(19)10-6-13(18)11(16)7-12(10)17/h1-4,6-7H,5H2. The normalized spacial score (nSPS) is 10.5. The van der Waals surface area contributed by atoms with Gasteiger partial charge < -0.3 is 0 Å². The topological polar surface area (TPSA) is 17.1 Å². The lowest BCUT2D eigenvalue weighted by Gasteiger charge is -2.05. The van der Waals surface area contributed by atoms with E-state index in [0.717, 1.165) is 22.2 Å². The van der Waals surface area contributed by atoms with E-state index in [1.165, 1.54) is 0 Å². The molecular weight excluding hydrogens is 382 g/mol. The van der Waals surface area contributed by atoms with Crippen LogP contribution in [0.15, 0.2) is 45.3 Å². The van der Waals surface area contributed by atoms with Crippen LogP contribution in [0.2, 0.25) is 0 Å². The molecule has 0 aromatic heterocycles. The molecule has 19 heavy (non-hydrogen) atoms. The summed E-state index contributed by atoms with van der Waals surface area (Å²) in [6, 6.07) is 9.02. The van der Waals surface area contributed by atoms with Gasteiger partial charge in [-0.25, -0.2) is 8.78 Å². The molecule has 0 atom stereocenters. The van der Waals surface area contributed by atoms with Crippen LogP contribution in [0, 0.1) is 11.6 Å². The van der Waals surface area contributed by atoms with Crippen LogP contribution in [0.1, 0.15) is 15.9 Å². The Morgan fingerprint density at radius 3 is 2.47 bits per heavy atom. The molecule has 2 aromatic carbocycles. The third-order valence-electron chi connectivity index (χ3n) is 2.56. The Bertz CT molecular complexity index is 641. The number of rotatable bonds is 3. The number of hydrogen-bond donors (Lipinski definition) is 0. The number of carbonyl (C=O) groups excluding carboxylic acids is 1. The van der Waals surface area contributed by atoms with Crippen molar-refractivity contribution in [2.75, 3.05) is 0 Å². The minimum atomic E-state index is -0.728. The fourth-order valence-electron chi connectivity index (χ4n) is 1.66. The fourth-order valence-corrected chi connectivity index (χ4v) is 2.43. The molecule has 2 aromatic rings. The highest BCUT2D eigenvalue weighted by Crippen LogP contribution is 2.21. The van der Waals surface area contributed by atoms with Crippen molar-refractivity contribution in [3.05, 3.63) is 68.1 Å². The second-order valence-corrected chi connectivity index (χ2v) is 5.75. The molecule has 0 bridgehead atoms. The summed E-state index contributed by atoms with van der Waals surface area (Å²) in [5.41, 5.74) is 0.503. The number of benzene rings is 2.